The number of carbonyl (C=O) groups is 4. The molecule has 3 rings (SSSR count). The molecular formula is C20H16N2O5S. The normalized spacial score (nSPS) is 15.2. The minimum atomic E-state index is -1.12. The third kappa shape index (κ3) is 4.47. The van der Waals surface area contributed by atoms with Crippen LogP contribution in [0.1, 0.15) is 21.5 Å². The highest BCUT2D eigenvalue weighted by atomic mass is 32.2. The highest BCUT2D eigenvalue weighted by molar-refractivity contribution is 8.18. The van der Waals surface area contributed by atoms with Gasteiger partial charge in [0.05, 0.1) is 10.5 Å². The van der Waals surface area contributed by atoms with Crippen molar-refractivity contribution in [2.24, 2.45) is 0 Å². The molecule has 0 aromatic heterocycles. The largest absolute Gasteiger partial charge is 0.478 e. The van der Waals surface area contributed by atoms with E-state index in [0.717, 1.165) is 27.8 Å². The molecule has 0 atom stereocenters. The SMILES string of the molecule is Cc1cccc(/C=C2\SC(=O)N(CC(=O)Nc3cccc(C(=O)O)c3)C2=O)c1. The lowest BCUT2D eigenvalue weighted by molar-refractivity contribution is -0.127. The van der Waals surface area contributed by atoms with Crippen molar-refractivity contribution < 1.29 is 24.3 Å². The third-order valence-electron chi connectivity index (χ3n) is 3.91. The number of nitrogens with one attached hydrogen (secondary N) is 1. The third-order valence-corrected chi connectivity index (χ3v) is 4.82. The van der Waals surface area contributed by atoms with Gasteiger partial charge in [0, 0.05) is 5.69 Å². The molecule has 0 unspecified atom stereocenters. The Labute approximate surface area is 165 Å². The molecule has 28 heavy (non-hydrogen) atoms. The zero-order chi connectivity index (χ0) is 20.3. The maximum absolute atomic E-state index is 12.5. The molecule has 0 saturated carbocycles. The number of hydrogen-bond acceptors (Lipinski definition) is 5. The Morgan fingerprint density at radius 1 is 1.14 bits per heavy atom. The van der Waals surface area contributed by atoms with E-state index in [1.165, 1.54) is 24.3 Å². The summed E-state index contributed by atoms with van der Waals surface area (Å²) >= 11 is 0.778. The van der Waals surface area contributed by atoms with Crippen LogP contribution < -0.4 is 5.32 Å². The van der Waals surface area contributed by atoms with E-state index in [1.54, 1.807) is 6.08 Å². The summed E-state index contributed by atoms with van der Waals surface area (Å²) in [6, 6.07) is 13.2. The van der Waals surface area contributed by atoms with E-state index < -0.39 is 29.6 Å². The molecule has 1 saturated heterocycles. The van der Waals surface area contributed by atoms with Crippen molar-refractivity contribution in [1.29, 1.82) is 0 Å². The van der Waals surface area contributed by atoms with E-state index in [4.69, 9.17) is 5.11 Å². The van der Waals surface area contributed by atoms with Crippen molar-refractivity contribution in [2.75, 3.05) is 11.9 Å². The van der Waals surface area contributed by atoms with Gasteiger partial charge in [-0.25, -0.2) is 4.79 Å². The Kier molecular flexibility index (Phi) is 5.60. The first-order valence-corrected chi connectivity index (χ1v) is 9.10. The molecule has 3 amide bonds. The van der Waals surface area contributed by atoms with Gasteiger partial charge in [0.2, 0.25) is 5.91 Å². The average Bonchev–Trinajstić information content (AvgIpc) is 2.89. The highest BCUT2D eigenvalue weighted by Crippen LogP contribution is 2.32. The van der Waals surface area contributed by atoms with Crippen LogP contribution in [-0.4, -0.2) is 39.6 Å². The molecule has 0 radical (unpaired) electrons. The maximum atomic E-state index is 12.5. The molecule has 1 heterocycles. The quantitative estimate of drug-likeness (QED) is 0.751. The molecule has 8 heteroatoms. The van der Waals surface area contributed by atoms with Crippen LogP contribution in [0.15, 0.2) is 53.4 Å². The Balaban J connectivity index is 1.69. The number of amides is 3. The summed E-state index contributed by atoms with van der Waals surface area (Å²) in [5.41, 5.74) is 2.11. The predicted molar refractivity (Wildman–Crippen MR) is 106 cm³/mol. The van der Waals surface area contributed by atoms with Crippen LogP contribution in [-0.2, 0) is 9.59 Å². The van der Waals surface area contributed by atoms with Gasteiger partial charge in [-0.15, -0.1) is 0 Å². The van der Waals surface area contributed by atoms with Crippen LogP contribution >= 0.6 is 11.8 Å². The lowest BCUT2D eigenvalue weighted by atomic mass is 10.1. The smallest absolute Gasteiger partial charge is 0.335 e. The molecule has 0 spiro atoms. The lowest BCUT2D eigenvalue weighted by Crippen LogP contribution is -2.36. The van der Waals surface area contributed by atoms with Gasteiger partial charge in [-0.05, 0) is 48.5 Å². The second-order valence-electron chi connectivity index (χ2n) is 6.12. The number of carboxylic acid groups (broad SMARTS) is 1. The van der Waals surface area contributed by atoms with E-state index >= 15 is 0 Å². The molecule has 2 N–H and O–H groups in total. The van der Waals surface area contributed by atoms with Crippen molar-refractivity contribution in [3.63, 3.8) is 0 Å². The van der Waals surface area contributed by atoms with Crippen LogP contribution in [0.4, 0.5) is 10.5 Å². The number of thioether (sulfide) groups is 1. The van der Waals surface area contributed by atoms with E-state index in [0.29, 0.717) is 0 Å². The van der Waals surface area contributed by atoms with E-state index in [1.807, 2.05) is 31.2 Å². The van der Waals surface area contributed by atoms with Crippen molar-refractivity contribution in [3.8, 4) is 0 Å². The topological polar surface area (TPSA) is 104 Å². The number of carbonyl (C=O) groups excluding carboxylic acids is 3. The van der Waals surface area contributed by atoms with E-state index in [-0.39, 0.29) is 16.2 Å². The molecule has 1 aliphatic heterocycles. The lowest BCUT2D eigenvalue weighted by Gasteiger charge is -2.12. The summed E-state index contributed by atoms with van der Waals surface area (Å²) in [4.78, 5) is 49.0. The molecule has 1 aliphatic rings. The number of aryl methyl sites for hydroxylation is 1. The van der Waals surface area contributed by atoms with Gasteiger partial charge in [0.25, 0.3) is 11.1 Å². The molecule has 2 aromatic carbocycles. The van der Waals surface area contributed by atoms with Crippen molar-refractivity contribution in [3.05, 3.63) is 70.1 Å². The summed E-state index contributed by atoms with van der Waals surface area (Å²) in [7, 11) is 0. The second kappa shape index (κ2) is 8.10. The van der Waals surface area contributed by atoms with E-state index in [2.05, 4.69) is 5.32 Å². The number of nitrogens with zero attached hydrogens (tertiary/aromatic N) is 1. The monoisotopic (exact) mass is 396 g/mol. The predicted octanol–water partition coefficient (Wildman–Crippen LogP) is 3.37. The van der Waals surface area contributed by atoms with Gasteiger partial charge in [-0.2, -0.15) is 0 Å². The number of anilines is 1. The van der Waals surface area contributed by atoms with Crippen molar-refractivity contribution >= 4 is 46.5 Å². The van der Waals surface area contributed by atoms with Crippen molar-refractivity contribution in [2.45, 2.75) is 6.92 Å². The minimum Gasteiger partial charge on any atom is -0.478 e. The number of hydrogen-bond donors (Lipinski definition) is 2. The van der Waals surface area contributed by atoms with E-state index in [9.17, 15) is 19.2 Å². The number of aromatic carboxylic acids is 1. The summed E-state index contributed by atoms with van der Waals surface area (Å²) in [5, 5.41) is 11.0. The van der Waals surface area contributed by atoms with Crippen LogP contribution in [0, 0.1) is 6.92 Å². The number of imide groups is 1. The standard InChI is InChI=1S/C20H16N2O5S/c1-12-4-2-5-13(8-12)9-16-18(24)22(20(27)28-16)11-17(23)21-15-7-3-6-14(10-15)19(25)26/h2-10H,11H2,1H3,(H,21,23)(H,25,26)/b16-9-. The Hall–Kier alpha value is -3.39. The maximum Gasteiger partial charge on any atom is 0.335 e. The first kappa shape index (κ1) is 19.4. The molecule has 0 aliphatic carbocycles. The van der Waals surface area contributed by atoms with Gasteiger partial charge in [0.15, 0.2) is 0 Å². The number of benzene rings is 2. The fraction of sp³-hybridized carbons (Fsp3) is 0.100. The summed E-state index contributed by atoms with van der Waals surface area (Å²) in [6.45, 7) is 1.47. The van der Waals surface area contributed by atoms with Crippen LogP contribution in [0.25, 0.3) is 6.08 Å². The summed E-state index contributed by atoms with van der Waals surface area (Å²) in [5.74, 6) is -2.25. The van der Waals surface area contributed by atoms with Gasteiger partial charge >= 0.3 is 5.97 Å². The Bertz CT molecular complexity index is 1020. The highest BCUT2D eigenvalue weighted by Gasteiger charge is 2.36. The Morgan fingerprint density at radius 2 is 1.89 bits per heavy atom. The van der Waals surface area contributed by atoms with Crippen LogP contribution in [0.2, 0.25) is 0 Å². The van der Waals surface area contributed by atoms with Gasteiger partial charge in [-0.3, -0.25) is 19.3 Å². The van der Waals surface area contributed by atoms with Gasteiger partial charge in [-0.1, -0.05) is 35.9 Å². The molecule has 0 bridgehead atoms. The zero-order valence-electron chi connectivity index (χ0n) is 14.8. The summed E-state index contributed by atoms with van der Waals surface area (Å²) < 4.78 is 0. The van der Waals surface area contributed by atoms with Crippen LogP contribution in [0.5, 0.6) is 0 Å². The first-order chi connectivity index (χ1) is 13.3. The molecule has 7 nitrogen and oxygen atoms in total. The second-order valence-corrected chi connectivity index (χ2v) is 7.11. The fourth-order valence-corrected chi connectivity index (χ4v) is 3.46. The summed E-state index contributed by atoms with van der Waals surface area (Å²) in [6.07, 6.45) is 1.62. The van der Waals surface area contributed by atoms with Crippen molar-refractivity contribution in [1.82, 2.24) is 4.90 Å². The number of rotatable bonds is 5. The molecule has 1 fully saturated rings. The minimum absolute atomic E-state index is 0.0186. The fourth-order valence-electron chi connectivity index (χ4n) is 2.62. The Morgan fingerprint density at radius 3 is 2.61 bits per heavy atom. The molecular weight excluding hydrogens is 380 g/mol. The molecule has 2 aromatic rings. The van der Waals surface area contributed by atoms with Gasteiger partial charge in [0.1, 0.15) is 6.54 Å². The van der Waals surface area contributed by atoms with Gasteiger partial charge < -0.3 is 10.4 Å². The number of carboxylic acids is 1. The first-order valence-electron chi connectivity index (χ1n) is 8.29. The zero-order valence-corrected chi connectivity index (χ0v) is 15.7. The van der Waals surface area contributed by atoms with Crippen LogP contribution in [0.3, 0.4) is 0 Å². The average molecular weight is 396 g/mol. The molecule has 142 valence electrons.